The molecular weight excluding hydrogens is 256 g/mol. The Balaban J connectivity index is 2.33. The van der Waals surface area contributed by atoms with Crippen molar-refractivity contribution in [3.05, 3.63) is 29.8 Å². The Morgan fingerprint density at radius 2 is 1.75 bits per heavy atom. The van der Waals surface area contributed by atoms with Gasteiger partial charge in [-0.05, 0) is 43.5 Å². The molecule has 1 amide bonds. The van der Waals surface area contributed by atoms with Crippen LogP contribution in [0.4, 0.5) is 5.69 Å². The van der Waals surface area contributed by atoms with E-state index in [0.717, 1.165) is 30.5 Å². The standard InChI is InChI=1S/C15H22N2O3/c16-11-3-1-2-4-14(18)17-13-8-5-12(6-9-13)7-10-15(19)20/h5-6,8-9H,1-4,7,10-11,16H2,(H,17,18)(H,19,20). The van der Waals surface area contributed by atoms with Crippen LogP contribution < -0.4 is 11.1 Å². The molecule has 0 aromatic heterocycles. The van der Waals surface area contributed by atoms with Crippen LogP contribution in [0, 0.1) is 0 Å². The number of unbranched alkanes of at least 4 members (excludes halogenated alkanes) is 2. The SMILES string of the molecule is NCCCCCC(=O)Nc1ccc(CCC(=O)O)cc1. The van der Waals surface area contributed by atoms with Gasteiger partial charge in [0.15, 0.2) is 0 Å². The minimum atomic E-state index is -0.806. The number of nitrogens with one attached hydrogen (secondary N) is 1. The molecule has 1 rings (SSSR count). The molecule has 0 fully saturated rings. The highest BCUT2D eigenvalue weighted by molar-refractivity contribution is 5.90. The van der Waals surface area contributed by atoms with Crippen molar-refractivity contribution < 1.29 is 14.7 Å². The lowest BCUT2D eigenvalue weighted by Gasteiger charge is -2.06. The van der Waals surface area contributed by atoms with Gasteiger partial charge in [-0.1, -0.05) is 18.6 Å². The van der Waals surface area contributed by atoms with Gasteiger partial charge in [0.05, 0.1) is 0 Å². The second kappa shape index (κ2) is 9.09. The Kier molecular flexibility index (Phi) is 7.35. The third-order valence-electron chi connectivity index (χ3n) is 2.97. The van der Waals surface area contributed by atoms with Crippen molar-refractivity contribution in [1.82, 2.24) is 0 Å². The molecule has 0 bridgehead atoms. The van der Waals surface area contributed by atoms with Crippen LogP contribution in [0.15, 0.2) is 24.3 Å². The number of anilines is 1. The molecule has 4 N–H and O–H groups in total. The lowest BCUT2D eigenvalue weighted by Crippen LogP contribution is -2.11. The number of hydrogen-bond acceptors (Lipinski definition) is 3. The van der Waals surface area contributed by atoms with E-state index in [1.165, 1.54) is 0 Å². The highest BCUT2D eigenvalue weighted by Gasteiger charge is 2.03. The van der Waals surface area contributed by atoms with E-state index in [4.69, 9.17) is 10.8 Å². The molecule has 1 aromatic rings. The first-order chi connectivity index (χ1) is 9.61. The minimum absolute atomic E-state index is 0.000285. The van der Waals surface area contributed by atoms with Crippen molar-refractivity contribution in [2.75, 3.05) is 11.9 Å². The Labute approximate surface area is 119 Å². The molecule has 1 aromatic carbocycles. The van der Waals surface area contributed by atoms with Crippen molar-refractivity contribution in [3.8, 4) is 0 Å². The Bertz CT molecular complexity index is 429. The number of amides is 1. The van der Waals surface area contributed by atoms with E-state index in [1.54, 1.807) is 12.1 Å². The lowest BCUT2D eigenvalue weighted by molar-refractivity contribution is -0.137. The second-order valence-corrected chi connectivity index (χ2v) is 4.74. The summed E-state index contributed by atoms with van der Waals surface area (Å²) in [7, 11) is 0. The van der Waals surface area contributed by atoms with Crippen LogP contribution >= 0.6 is 0 Å². The summed E-state index contributed by atoms with van der Waals surface area (Å²) in [5.74, 6) is -0.805. The molecule has 0 aliphatic heterocycles. The molecule has 20 heavy (non-hydrogen) atoms. The van der Waals surface area contributed by atoms with E-state index in [9.17, 15) is 9.59 Å². The third-order valence-corrected chi connectivity index (χ3v) is 2.97. The highest BCUT2D eigenvalue weighted by atomic mass is 16.4. The lowest BCUT2D eigenvalue weighted by atomic mass is 10.1. The molecule has 0 heterocycles. The second-order valence-electron chi connectivity index (χ2n) is 4.74. The van der Waals surface area contributed by atoms with Crippen LogP contribution in [-0.2, 0) is 16.0 Å². The summed E-state index contributed by atoms with van der Waals surface area (Å²) in [6, 6.07) is 7.28. The van der Waals surface area contributed by atoms with Crippen molar-refractivity contribution in [1.29, 1.82) is 0 Å². The maximum Gasteiger partial charge on any atom is 0.303 e. The molecule has 0 aliphatic rings. The van der Waals surface area contributed by atoms with Gasteiger partial charge in [0.1, 0.15) is 0 Å². The maximum absolute atomic E-state index is 11.7. The number of rotatable bonds is 9. The largest absolute Gasteiger partial charge is 0.481 e. The van der Waals surface area contributed by atoms with Gasteiger partial charge < -0.3 is 16.2 Å². The number of hydrogen-bond donors (Lipinski definition) is 3. The maximum atomic E-state index is 11.7. The van der Waals surface area contributed by atoms with E-state index in [0.29, 0.717) is 19.4 Å². The van der Waals surface area contributed by atoms with E-state index >= 15 is 0 Å². The topological polar surface area (TPSA) is 92.4 Å². The number of benzene rings is 1. The first-order valence-corrected chi connectivity index (χ1v) is 6.92. The molecular formula is C15H22N2O3. The van der Waals surface area contributed by atoms with Gasteiger partial charge in [-0.15, -0.1) is 0 Å². The van der Waals surface area contributed by atoms with Crippen molar-refractivity contribution >= 4 is 17.6 Å². The van der Waals surface area contributed by atoms with E-state index < -0.39 is 5.97 Å². The van der Waals surface area contributed by atoms with Gasteiger partial charge in [-0.25, -0.2) is 0 Å². The average Bonchev–Trinajstić information content (AvgIpc) is 2.43. The number of carbonyl (C=O) groups is 2. The van der Waals surface area contributed by atoms with Gasteiger partial charge in [0.25, 0.3) is 0 Å². The summed E-state index contributed by atoms with van der Waals surface area (Å²) < 4.78 is 0. The van der Waals surface area contributed by atoms with Gasteiger partial charge in [-0.2, -0.15) is 0 Å². The number of aliphatic carboxylic acids is 1. The Morgan fingerprint density at radius 3 is 2.35 bits per heavy atom. The molecule has 5 heteroatoms. The summed E-state index contributed by atoms with van der Waals surface area (Å²) in [5.41, 5.74) is 7.08. The van der Waals surface area contributed by atoms with Crippen LogP contribution in [0.5, 0.6) is 0 Å². The summed E-state index contributed by atoms with van der Waals surface area (Å²) in [6.07, 6.45) is 3.89. The molecule has 0 spiro atoms. The Hall–Kier alpha value is -1.88. The van der Waals surface area contributed by atoms with Gasteiger partial charge in [-0.3, -0.25) is 9.59 Å². The molecule has 0 radical (unpaired) electrons. The zero-order valence-electron chi connectivity index (χ0n) is 11.6. The average molecular weight is 278 g/mol. The first-order valence-electron chi connectivity index (χ1n) is 6.92. The van der Waals surface area contributed by atoms with Crippen LogP contribution in [0.2, 0.25) is 0 Å². The summed E-state index contributed by atoms with van der Waals surface area (Å²) in [4.78, 5) is 22.1. The predicted molar refractivity (Wildman–Crippen MR) is 78.6 cm³/mol. The fraction of sp³-hybridized carbons (Fsp3) is 0.467. The van der Waals surface area contributed by atoms with Crippen molar-refractivity contribution in [3.63, 3.8) is 0 Å². The monoisotopic (exact) mass is 278 g/mol. The van der Waals surface area contributed by atoms with Gasteiger partial charge >= 0.3 is 5.97 Å². The zero-order valence-corrected chi connectivity index (χ0v) is 11.6. The molecule has 0 saturated carbocycles. The van der Waals surface area contributed by atoms with Gasteiger partial charge in [0.2, 0.25) is 5.91 Å². The summed E-state index contributed by atoms with van der Waals surface area (Å²) in [5, 5.41) is 11.4. The predicted octanol–water partition coefficient (Wildman–Crippen LogP) is 2.16. The quantitative estimate of drug-likeness (QED) is 0.603. The fourth-order valence-electron chi connectivity index (χ4n) is 1.84. The Morgan fingerprint density at radius 1 is 1.05 bits per heavy atom. The van der Waals surface area contributed by atoms with Crippen LogP contribution in [-0.4, -0.2) is 23.5 Å². The van der Waals surface area contributed by atoms with Crippen LogP contribution in [0.25, 0.3) is 0 Å². The van der Waals surface area contributed by atoms with Crippen molar-refractivity contribution in [2.45, 2.75) is 38.5 Å². The van der Waals surface area contributed by atoms with Crippen LogP contribution in [0.1, 0.15) is 37.7 Å². The number of nitrogens with two attached hydrogens (primary N) is 1. The van der Waals surface area contributed by atoms with Gasteiger partial charge in [0, 0.05) is 18.5 Å². The summed E-state index contributed by atoms with van der Waals surface area (Å²) in [6.45, 7) is 0.666. The first kappa shape index (κ1) is 16.2. The van der Waals surface area contributed by atoms with Crippen LogP contribution in [0.3, 0.4) is 0 Å². The molecule has 0 aliphatic carbocycles. The third kappa shape index (κ3) is 6.89. The minimum Gasteiger partial charge on any atom is -0.481 e. The van der Waals surface area contributed by atoms with E-state index in [-0.39, 0.29) is 12.3 Å². The number of carbonyl (C=O) groups excluding carboxylic acids is 1. The number of aryl methyl sites for hydroxylation is 1. The fourth-order valence-corrected chi connectivity index (χ4v) is 1.84. The molecule has 0 saturated heterocycles. The van der Waals surface area contributed by atoms with E-state index in [1.807, 2.05) is 12.1 Å². The smallest absolute Gasteiger partial charge is 0.303 e. The number of carboxylic acid groups (broad SMARTS) is 1. The molecule has 0 atom stereocenters. The van der Waals surface area contributed by atoms with E-state index in [2.05, 4.69) is 5.32 Å². The highest BCUT2D eigenvalue weighted by Crippen LogP contribution is 2.12. The normalized spacial score (nSPS) is 10.2. The molecule has 5 nitrogen and oxygen atoms in total. The zero-order chi connectivity index (χ0) is 14.8. The molecule has 110 valence electrons. The number of carboxylic acids is 1. The van der Waals surface area contributed by atoms with Crippen molar-refractivity contribution in [2.24, 2.45) is 5.73 Å². The summed E-state index contributed by atoms with van der Waals surface area (Å²) >= 11 is 0. The molecule has 0 unspecified atom stereocenters.